The van der Waals surface area contributed by atoms with Gasteiger partial charge in [0.05, 0.1) is 6.33 Å². The van der Waals surface area contributed by atoms with Gasteiger partial charge in [-0.05, 0) is 0 Å². The molecule has 1 aliphatic carbocycles. The number of aromatic nitrogens is 2. The molecule has 0 aliphatic heterocycles. The van der Waals surface area contributed by atoms with E-state index in [0.29, 0.717) is 0 Å². The van der Waals surface area contributed by atoms with E-state index in [1.165, 1.54) is 30.0 Å². The van der Waals surface area contributed by atoms with Crippen LogP contribution in [0.15, 0.2) is 12.5 Å². The molecule has 1 aliphatic rings. The summed E-state index contributed by atoms with van der Waals surface area (Å²) in [4.78, 5) is 8.29. The van der Waals surface area contributed by atoms with E-state index in [2.05, 4.69) is 16.9 Å². The molecule has 0 aromatic carbocycles. The monoisotopic (exact) mass is 633 g/mol. The van der Waals surface area contributed by atoms with Crippen LogP contribution in [-0.4, -0.2) is 9.97 Å². The van der Waals surface area contributed by atoms with Crippen molar-refractivity contribution < 1.29 is 70.7 Å². The quantitative estimate of drug-likeness (QED) is 0.443. The molecule has 2 rings (SSSR count). The Morgan fingerprint density at radius 2 is 2.20 bits per heavy atom. The summed E-state index contributed by atoms with van der Waals surface area (Å²) in [6, 6.07) is 0. The molecule has 5 heteroatoms. The van der Waals surface area contributed by atoms with E-state index in [1.54, 1.807) is 6.33 Å². The van der Waals surface area contributed by atoms with E-state index < -0.39 is 0 Å². The van der Waals surface area contributed by atoms with Crippen molar-refractivity contribution in [3.8, 4) is 0 Å². The molecule has 0 saturated heterocycles. The maximum Gasteiger partial charge on any atom is 0.0880 e. The maximum absolute atomic E-state index is 4.26. The summed E-state index contributed by atoms with van der Waals surface area (Å²) >= 11 is 0. The van der Waals surface area contributed by atoms with Crippen molar-refractivity contribution in [1.29, 1.82) is 0 Å². The van der Waals surface area contributed by atoms with Crippen molar-refractivity contribution >= 4 is 0 Å². The van der Waals surface area contributed by atoms with Crippen LogP contribution >= 0.6 is 0 Å². The Bertz CT molecular complexity index is 286. The van der Waals surface area contributed by atoms with E-state index in [9.17, 15) is 0 Å². The van der Waals surface area contributed by atoms with E-state index in [4.69, 9.17) is 0 Å². The first-order valence-electron chi connectivity index (χ1n) is 4.35. The Labute approximate surface area is 141 Å². The topological polar surface area (TPSA) is 25.8 Å². The van der Waals surface area contributed by atoms with Gasteiger partial charge >= 0.3 is 0 Å². The van der Waals surface area contributed by atoms with E-state index in [-0.39, 0.29) is 70.7 Å². The molecule has 0 amide bonds. The second-order valence-electron chi connectivity index (χ2n) is 3.09. The van der Waals surface area contributed by atoms with Gasteiger partial charge in [0.15, 0.2) is 0 Å². The molecule has 2 nitrogen and oxygen atoms in total. The number of hydrogen-bond acceptors (Lipinski definition) is 2. The summed E-state index contributed by atoms with van der Waals surface area (Å²) in [5.41, 5.74) is 2.45. The van der Waals surface area contributed by atoms with Crippen LogP contribution < -0.4 is 0 Å². The van der Waals surface area contributed by atoms with Crippen molar-refractivity contribution in [1.82, 2.24) is 9.97 Å². The molecule has 1 aromatic rings. The molecule has 1 radical (unpaired) electrons. The van der Waals surface area contributed by atoms with Gasteiger partial charge in [0.25, 0.3) is 0 Å². The number of hydrogen-bond donors (Lipinski definition) is 0. The number of fused-ring (bicyclic) bond motifs is 1. The minimum atomic E-state index is 0. The molecule has 0 N–H and O–H groups in total. The van der Waals surface area contributed by atoms with Gasteiger partial charge in [-0.15, -0.1) is 0 Å². The predicted molar refractivity (Wildman–Crippen MR) is 47.3 cm³/mol. The first-order chi connectivity index (χ1) is 5.92. The first kappa shape index (κ1) is 18.6. The Balaban J connectivity index is 0. The van der Waals surface area contributed by atoms with E-state index in [1.807, 2.05) is 6.20 Å². The minimum Gasteiger partial charge on any atom is -0.351 e. The largest absolute Gasteiger partial charge is 0.351 e. The SMILES string of the molecule is [CH2-]C[C-]1CCCc2ncncc21.[U].[V].[W]. The van der Waals surface area contributed by atoms with Crippen LogP contribution in [-0.2, 0) is 46.0 Å². The molecule has 15 heavy (non-hydrogen) atoms. The van der Waals surface area contributed by atoms with E-state index >= 15 is 0 Å². The standard InChI is InChI=1S/C10H12N2.U.V.W/c1-2-8-4-3-5-10-9(8)6-11-7-12-10;;;/h6-7H,1-5H2;;;/q-2;;;. The van der Waals surface area contributed by atoms with Gasteiger partial charge in [0.2, 0.25) is 0 Å². The van der Waals surface area contributed by atoms with E-state index in [0.717, 1.165) is 12.8 Å². The number of rotatable bonds is 1. The fourth-order valence-electron chi connectivity index (χ4n) is 1.71. The third-order valence-corrected chi connectivity index (χ3v) is 2.37. The van der Waals surface area contributed by atoms with Gasteiger partial charge in [-0.1, -0.05) is 31.2 Å². The predicted octanol–water partition coefficient (Wildman–Crippen LogP) is 1.95. The molecular weight excluding hydrogens is 621 g/mol. The van der Waals surface area contributed by atoms with Crippen molar-refractivity contribution in [3.05, 3.63) is 36.6 Å². The van der Waals surface area contributed by atoms with Crippen molar-refractivity contribution in [2.45, 2.75) is 25.7 Å². The average Bonchev–Trinajstić information content (AvgIpc) is 2.17. The Kier molecular flexibility index (Phi) is 11.6. The fourth-order valence-corrected chi connectivity index (χ4v) is 1.71. The Hall–Kier alpha value is 1.27. The molecule has 0 spiro atoms. The number of nitrogens with zero attached hydrogens (tertiary/aromatic N) is 2. The Morgan fingerprint density at radius 3 is 2.87 bits per heavy atom. The van der Waals surface area contributed by atoms with Gasteiger partial charge < -0.3 is 16.9 Å². The Morgan fingerprint density at radius 1 is 1.47 bits per heavy atom. The zero-order valence-corrected chi connectivity index (χ0v) is 16.9. The fraction of sp³-hybridized carbons (Fsp3) is 0.400. The van der Waals surface area contributed by atoms with Crippen LogP contribution in [0.1, 0.15) is 30.5 Å². The van der Waals surface area contributed by atoms with Gasteiger partial charge in [-0.25, -0.2) is 6.42 Å². The summed E-state index contributed by atoms with van der Waals surface area (Å²) in [6.07, 6.45) is 7.92. The smallest absolute Gasteiger partial charge is 0.0880 e. The molecule has 0 atom stereocenters. The van der Waals surface area contributed by atoms with Crippen LogP contribution in [0.5, 0.6) is 0 Å². The third-order valence-electron chi connectivity index (χ3n) is 2.37. The van der Waals surface area contributed by atoms with Crippen molar-refractivity contribution in [2.75, 3.05) is 0 Å². The van der Waals surface area contributed by atoms with Gasteiger partial charge in [0, 0.05) is 70.7 Å². The molecule has 0 saturated carbocycles. The first-order valence-corrected chi connectivity index (χ1v) is 4.35. The normalized spacial score (nSPS) is 12.7. The molecule has 79 valence electrons. The van der Waals surface area contributed by atoms with Crippen molar-refractivity contribution in [3.63, 3.8) is 0 Å². The molecule has 1 heterocycles. The zero-order valence-electron chi connectivity index (χ0n) is 8.44. The summed E-state index contributed by atoms with van der Waals surface area (Å²) < 4.78 is 0. The maximum atomic E-state index is 4.26. The number of aryl methyl sites for hydroxylation is 1. The molecular formula is C10H12N2UVW-2. The second kappa shape index (κ2) is 9.32. The van der Waals surface area contributed by atoms with Gasteiger partial charge in [-0.2, -0.15) is 11.5 Å². The third kappa shape index (κ3) is 4.57. The van der Waals surface area contributed by atoms with Gasteiger partial charge in [-0.3, -0.25) is 0 Å². The summed E-state index contributed by atoms with van der Waals surface area (Å²) in [7, 11) is 0. The van der Waals surface area contributed by atoms with Crippen LogP contribution in [0.3, 0.4) is 0 Å². The average molecular weight is 633 g/mol. The zero-order chi connectivity index (χ0) is 8.39. The van der Waals surface area contributed by atoms with Crippen LogP contribution in [0.2, 0.25) is 0 Å². The molecule has 0 unspecified atom stereocenters. The van der Waals surface area contributed by atoms with Crippen molar-refractivity contribution in [2.24, 2.45) is 0 Å². The van der Waals surface area contributed by atoms with Gasteiger partial charge in [0.1, 0.15) is 0 Å². The summed E-state index contributed by atoms with van der Waals surface area (Å²) in [5, 5.41) is 0. The van der Waals surface area contributed by atoms with Crippen LogP contribution in [0.25, 0.3) is 0 Å². The molecule has 1 aromatic heterocycles. The van der Waals surface area contributed by atoms with Crippen LogP contribution in [0.4, 0.5) is 0 Å². The second-order valence-corrected chi connectivity index (χ2v) is 3.09. The van der Waals surface area contributed by atoms with Crippen LogP contribution in [0, 0.1) is 44.0 Å². The summed E-state index contributed by atoms with van der Waals surface area (Å²) in [6.45, 7) is 3.92. The summed E-state index contributed by atoms with van der Waals surface area (Å²) in [5.74, 6) is 1.41. The minimum absolute atomic E-state index is 0. The molecule has 0 fully saturated rings. The molecule has 0 bridgehead atoms.